The van der Waals surface area contributed by atoms with Gasteiger partial charge in [-0.2, -0.15) is 0 Å². The highest BCUT2D eigenvalue weighted by molar-refractivity contribution is 8.14. The summed E-state index contributed by atoms with van der Waals surface area (Å²) in [4.78, 5) is 4.61. The maximum absolute atomic E-state index is 5.04. The van der Waals surface area contributed by atoms with Crippen molar-refractivity contribution in [1.29, 1.82) is 0 Å². The molecule has 1 unspecified atom stereocenters. The first-order valence-electron chi connectivity index (χ1n) is 7.25. The highest BCUT2D eigenvalue weighted by atomic mass is 32.2. The van der Waals surface area contributed by atoms with Crippen molar-refractivity contribution in [2.75, 3.05) is 26.8 Å². The summed E-state index contributed by atoms with van der Waals surface area (Å²) in [6.07, 6.45) is 6.14. The molecule has 0 spiro atoms. The van der Waals surface area contributed by atoms with E-state index in [9.17, 15) is 0 Å². The third-order valence-electron chi connectivity index (χ3n) is 3.55. The van der Waals surface area contributed by atoms with E-state index in [4.69, 9.17) is 4.74 Å². The number of unbranched alkanes of at least 4 members (excludes halogenated alkanes) is 2. The lowest BCUT2D eigenvalue weighted by Gasteiger charge is -2.18. The summed E-state index contributed by atoms with van der Waals surface area (Å²) >= 11 is 1.95. The smallest absolute Gasteiger partial charge is 0.156 e. The largest absolute Gasteiger partial charge is 0.385 e. The molecule has 0 saturated carbocycles. The SMILES string of the molecule is CCC(CC)C1CN=C(NCCCCCOC)S1. The third kappa shape index (κ3) is 5.61. The molecule has 106 valence electrons. The van der Waals surface area contributed by atoms with E-state index in [1.54, 1.807) is 7.11 Å². The first-order valence-corrected chi connectivity index (χ1v) is 8.13. The minimum Gasteiger partial charge on any atom is -0.385 e. The molecule has 1 heterocycles. The Morgan fingerprint density at radius 2 is 2.11 bits per heavy atom. The normalized spacial score (nSPS) is 19.3. The van der Waals surface area contributed by atoms with Gasteiger partial charge in [-0.05, 0) is 25.2 Å². The van der Waals surface area contributed by atoms with E-state index in [1.807, 2.05) is 11.8 Å². The van der Waals surface area contributed by atoms with Crippen LogP contribution in [0.1, 0.15) is 46.0 Å². The van der Waals surface area contributed by atoms with Crippen molar-refractivity contribution in [2.24, 2.45) is 10.9 Å². The predicted molar refractivity (Wildman–Crippen MR) is 81.5 cm³/mol. The summed E-state index contributed by atoms with van der Waals surface area (Å²) < 4.78 is 5.04. The molecule has 0 aromatic carbocycles. The number of hydrogen-bond acceptors (Lipinski definition) is 4. The van der Waals surface area contributed by atoms with Crippen molar-refractivity contribution in [3.63, 3.8) is 0 Å². The van der Waals surface area contributed by atoms with Crippen LogP contribution in [-0.2, 0) is 4.74 Å². The Balaban J connectivity index is 2.07. The monoisotopic (exact) mass is 272 g/mol. The molecule has 0 bridgehead atoms. The van der Waals surface area contributed by atoms with Gasteiger partial charge in [-0.1, -0.05) is 38.5 Å². The molecule has 0 amide bonds. The van der Waals surface area contributed by atoms with Gasteiger partial charge in [0.1, 0.15) is 0 Å². The second-order valence-corrected chi connectivity index (χ2v) is 6.09. The van der Waals surface area contributed by atoms with Crippen LogP contribution < -0.4 is 5.32 Å². The van der Waals surface area contributed by atoms with Gasteiger partial charge >= 0.3 is 0 Å². The van der Waals surface area contributed by atoms with E-state index < -0.39 is 0 Å². The van der Waals surface area contributed by atoms with Crippen molar-refractivity contribution in [2.45, 2.75) is 51.2 Å². The zero-order valence-electron chi connectivity index (χ0n) is 12.1. The average molecular weight is 272 g/mol. The van der Waals surface area contributed by atoms with Crippen molar-refractivity contribution in [3.05, 3.63) is 0 Å². The van der Waals surface area contributed by atoms with Gasteiger partial charge in [0.15, 0.2) is 5.17 Å². The van der Waals surface area contributed by atoms with Gasteiger partial charge in [0, 0.05) is 25.5 Å². The Bertz CT molecular complexity index is 242. The maximum Gasteiger partial charge on any atom is 0.156 e. The van der Waals surface area contributed by atoms with Crippen LogP contribution in [0.25, 0.3) is 0 Å². The van der Waals surface area contributed by atoms with E-state index >= 15 is 0 Å². The Morgan fingerprint density at radius 1 is 1.33 bits per heavy atom. The summed E-state index contributed by atoms with van der Waals surface area (Å²) in [6, 6.07) is 0. The summed E-state index contributed by atoms with van der Waals surface area (Å²) in [5, 5.41) is 5.33. The quantitative estimate of drug-likeness (QED) is 0.654. The van der Waals surface area contributed by atoms with E-state index in [0.29, 0.717) is 5.25 Å². The zero-order valence-corrected chi connectivity index (χ0v) is 12.9. The average Bonchev–Trinajstić information content (AvgIpc) is 2.84. The Morgan fingerprint density at radius 3 is 2.78 bits per heavy atom. The number of methoxy groups -OCH3 is 1. The molecule has 4 heteroatoms. The van der Waals surface area contributed by atoms with Crippen LogP contribution in [0.15, 0.2) is 4.99 Å². The van der Waals surface area contributed by atoms with Crippen LogP contribution in [0.4, 0.5) is 0 Å². The molecule has 1 aliphatic heterocycles. The lowest BCUT2D eigenvalue weighted by Crippen LogP contribution is -2.22. The molecule has 1 atom stereocenters. The van der Waals surface area contributed by atoms with E-state index in [1.165, 1.54) is 30.9 Å². The molecule has 18 heavy (non-hydrogen) atoms. The van der Waals surface area contributed by atoms with Crippen molar-refractivity contribution >= 4 is 16.9 Å². The standard InChI is InChI=1S/C14H28N2OS/c1-4-12(5-2)13-11-16-14(18-13)15-9-7-6-8-10-17-3/h12-13H,4-11H2,1-3H3,(H,15,16). The van der Waals surface area contributed by atoms with Gasteiger partial charge in [-0.3, -0.25) is 4.99 Å². The molecule has 1 aliphatic rings. The number of thioether (sulfide) groups is 1. The van der Waals surface area contributed by atoms with Crippen LogP contribution in [0, 0.1) is 5.92 Å². The molecule has 0 aromatic rings. The fourth-order valence-corrected chi connectivity index (χ4v) is 3.64. The second-order valence-electron chi connectivity index (χ2n) is 4.86. The summed E-state index contributed by atoms with van der Waals surface area (Å²) in [6.45, 7) is 7.51. The molecule has 0 fully saturated rings. The summed E-state index contributed by atoms with van der Waals surface area (Å²) in [5.41, 5.74) is 0. The molecule has 1 N–H and O–H groups in total. The highest BCUT2D eigenvalue weighted by Gasteiger charge is 2.25. The lowest BCUT2D eigenvalue weighted by atomic mass is 9.99. The fourth-order valence-electron chi connectivity index (χ4n) is 2.29. The van der Waals surface area contributed by atoms with E-state index in [0.717, 1.165) is 32.0 Å². The summed E-state index contributed by atoms with van der Waals surface area (Å²) in [5.74, 6) is 0.819. The molecule has 1 rings (SSSR count). The fraction of sp³-hybridized carbons (Fsp3) is 0.929. The number of nitrogens with one attached hydrogen (secondary N) is 1. The topological polar surface area (TPSA) is 33.6 Å². The Labute approximate surface area is 116 Å². The number of rotatable bonds is 9. The Hall–Kier alpha value is -0.220. The van der Waals surface area contributed by atoms with Crippen LogP contribution in [0.5, 0.6) is 0 Å². The molecular weight excluding hydrogens is 244 g/mol. The van der Waals surface area contributed by atoms with Gasteiger partial charge in [0.25, 0.3) is 0 Å². The number of amidine groups is 1. The minimum atomic E-state index is 0.705. The molecule has 0 radical (unpaired) electrons. The van der Waals surface area contributed by atoms with Gasteiger partial charge < -0.3 is 10.1 Å². The van der Waals surface area contributed by atoms with Crippen LogP contribution >= 0.6 is 11.8 Å². The van der Waals surface area contributed by atoms with Crippen molar-refractivity contribution in [3.8, 4) is 0 Å². The molecule has 0 aromatic heterocycles. The molecular formula is C14H28N2OS. The lowest BCUT2D eigenvalue weighted by molar-refractivity contribution is 0.192. The number of aliphatic imine (C=N–C) groups is 1. The highest BCUT2D eigenvalue weighted by Crippen LogP contribution is 2.30. The van der Waals surface area contributed by atoms with Crippen molar-refractivity contribution in [1.82, 2.24) is 5.32 Å². The van der Waals surface area contributed by atoms with Gasteiger partial charge in [-0.15, -0.1) is 0 Å². The van der Waals surface area contributed by atoms with Crippen molar-refractivity contribution < 1.29 is 4.74 Å². The molecule has 0 aliphatic carbocycles. The maximum atomic E-state index is 5.04. The van der Waals surface area contributed by atoms with E-state index in [-0.39, 0.29) is 0 Å². The Kier molecular flexibility index (Phi) is 8.51. The zero-order chi connectivity index (χ0) is 13.2. The second kappa shape index (κ2) is 9.68. The first kappa shape index (κ1) is 15.8. The first-order chi connectivity index (χ1) is 8.81. The third-order valence-corrected chi connectivity index (χ3v) is 4.89. The van der Waals surface area contributed by atoms with Crippen LogP contribution in [0.2, 0.25) is 0 Å². The molecule has 3 nitrogen and oxygen atoms in total. The van der Waals surface area contributed by atoms with Gasteiger partial charge in [-0.25, -0.2) is 0 Å². The van der Waals surface area contributed by atoms with Crippen LogP contribution in [0.3, 0.4) is 0 Å². The summed E-state index contributed by atoms with van der Waals surface area (Å²) in [7, 11) is 1.76. The molecule has 0 saturated heterocycles. The van der Waals surface area contributed by atoms with Gasteiger partial charge in [0.05, 0.1) is 6.54 Å². The van der Waals surface area contributed by atoms with E-state index in [2.05, 4.69) is 24.2 Å². The number of nitrogens with zero attached hydrogens (tertiary/aromatic N) is 1. The predicted octanol–water partition coefficient (Wildman–Crippen LogP) is 3.30. The number of hydrogen-bond donors (Lipinski definition) is 1. The number of ether oxygens (including phenoxy) is 1. The van der Waals surface area contributed by atoms with Crippen LogP contribution in [-0.4, -0.2) is 37.2 Å². The van der Waals surface area contributed by atoms with Gasteiger partial charge in [0.2, 0.25) is 0 Å². The minimum absolute atomic E-state index is 0.705.